The third-order valence-electron chi connectivity index (χ3n) is 5.08. The second-order valence-electron chi connectivity index (χ2n) is 6.34. The van der Waals surface area contributed by atoms with E-state index in [1.165, 1.54) is 0 Å². The lowest BCUT2D eigenvalue weighted by Gasteiger charge is -2.24. The van der Waals surface area contributed by atoms with Crippen molar-refractivity contribution in [2.75, 3.05) is 6.98 Å². The molecular formula is C21H17N3O. The maximum atomic E-state index is 13.4. The van der Waals surface area contributed by atoms with Crippen LogP contribution in [0.5, 0.6) is 0 Å². The summed E-state index contributed by atoms with van der Waals surface area (Å²) in [6.45, 7) is -0.872. The molecule has 0 unspecified atom stereocenters. The van der Waals surface area contributed by atoms with Crippen molar-refractivity contribution in [3.8, 4) is 11.8 Å². The lowest BCUT2D eigenvalue weighted by atomic mass is 9.93. The molecule has 3 aromatic rings. The van der Waals surface area contributed by atoms with Crippen molar-refractivity contribution in [2.45, 2.75) is 25.4 Å². The smallest absolute Gasteiger partial charge is 0.254 e. The summed E-state index contributed by atoms with van der Waals surface area (Å²) in [5.41, 5.74) is 3.27. The third kappa shape index (κ3) is 1.78. The number of imidazole rings is 1. The zero-order valence-electron chi connectivity index (χ0n) is 17.6. The van der Waals surface area contributed by atoms with Crippen LogP contribution < -0.4 is 0 Å². The molecule has 0 saturated heterocycles. The van der Waals surface area contributed by atoms with Crippen LogP contribution in [0.4, 0.5) is 0 Å². The van der Waals surface area contributed by atoms with E-state index < -0.39 is 18.9 Å². The molecule has 5 rings (SSSR count). The van der Waals surface area contributed by atoms with E-state index in [-0.39, 0.29) is 6.04 Å². The Morgan fingerprint density at radius 3 is 3.04 bits per heavy atom. The van der Waals surface area contributed by atoms with E-state index in [0.29, 0.717) is 34.9 Å². The molecule has 25 heavy (non-hydrogen) atoms. The molecule has 0 saturated carbocycles. The summed E-state index contributed by atoms with van der Waals surface area (Å²) in [7, 11) is 0. The van der Waals surface area contributed by atoms with Crippen molar-refractivity contribution in [1.82, 2.24) is 14.5 Å². The molecule has 0 aliphatic carbocycles. The van der Waals surface area contributed by atoms with Crippen molar-refractivity contribution in [2.24, 2.45) is 0 Å². The summed E-state index contributed by atoms with van der Waals surface area (Å²) in [6.07, 6.45) is 0.417. The summed E-state index contributed by atoms with van der Waals surface area (Å²) in [5, 5.41) is 0. The number of hydrogen-bond acceptors (Lipinski definition) is 2. The molecule has 2 aliphatic heterocycles. The minimum atomic E-state index is -2.60. The van der Waals surface area contributed by atoms with Gasteiger partial charge in [-0.1, -0.05) is 24.1 Å². The number of fused-ring (bicyclic) bond motifs is 9. The molecule has 2 atom stereocenters. The van der Waals surface area contributed by atoms with Gasteiger partial charge in [0, 0.05) is 34.2 Å². The number of aromatic nitrogens is 2. The number of para-hydroxylation sites is 2. The first-order valence-corrected chi connectivity index (χ1v) is 8.19. The van der Waals surface area contributed by atoms with Crippen LogP contribution in [0.2, 0.25) is 0 Å². The van der Waals surface area contributed by atoms with Crippen LogP contribution in [0.1, 0.15) is 58.2 Å². The molecule has 0 N–H and O–H groups in total. The van der Waals surface area contributed by atoms with E-state index >= 15 is 0 Å². The van der Waals surface area contributed by atoms with E-state index in [0.717, 1.165) is 16.0 Å². The Labute approximate surface area is 151 Å². The van der Waals surface area contributed by atoms with Gasteiger partial charge in [0.2, 0.25) is 0 Å². The van der Waals surface area contributed by atoms with Crippen LogP contribution in [0, 0.1) is 11.8 Å². The minimum absolute atomic E-state index is 0.273. The van der Waals surface area contributed by atoms with Crippen LogP contribution >= 0.6 is 0 Å². The highest BCUT2D eigenvalue weighted by atomic mass is 16.2. The van der Waals surface area contributed by atoms with E-state index in [4.69, 9.17) is 5.48 Å². The molecule has 0 radical (unpaired) electrons. The molecule has 3 heterocycles. The zero-order chi connectivity index (χ0) is 20.5. The Balaban J connectivity index is 1.89. The van der Waals surface area contributed by atoms with Gasteiger partial charge in [0.05, 0.1) is 24.5 Å². The predicted molar refractivity (Wildman–Crippen MR) is 96.3 cm³/mol. The topological polar surface area (TPSA) is 38.1 Å². The lowest BCUT2D eigenvalue weighted by molar-refractivity contribution is 0.0734. The lowest BCUT2D eigenvalue weighted by Crippen LogP contribution is -2.30. The Kier molecular flexibility index (Phi) is 2.13. The molecule has 2 aliphatic rings. The van der Waals surface area contributed by atoms with E-state index in [1.807, 2.05) is 10.6 Å². The summed E-state index contributed by atoms with van der Waals surface area (Å²) in [6, 6.07) is 9.83. The Bertz CT molecular complexity index is 1250. The first-order chi connectivity index (χ1) is 13.8. The summed E-state index contributed by atoms with van der Waals surface area (Å²) in [4.78, 5) is 19.0. The standard InChI is InChI=1S/C21H17N3O/c1-3-7-13-8-6-9-14-19(13)17-12-18(23(2)21(14)25)20-22-15-10-4-5-11-16(15)24(17)20/h4-6,8-11,17-18H,12H2,1-2H3/t17-,18-/m1/s1/i2D3,5D. The van der Waals surface area contributed by atoms with E-state index in [1.54, 1.807) is 37.3 Å². The van der Waals surface area contributed by atoms with Gasteiger partial charge in [-0.15, -0.1) is 5.92 Å². The van der Waals surface area contributed by atoms with Gasteiger partial charge < -0.3 is 9.47 Å². The predicted octanol–water partition coefficient (Wildman–Crippen LogP) is 3.53. The summed E-state index contributed by atoms with van der Waals surface area (Å²) < 4.78 is 34.1. The molecule has 0 spiro atoms. The van der Waals surface area contributed by atoms with Gasteiger partial charge in [0.15, 0.2) is 0 Å². The fraction of sp³-hybridized carbons (Fsp3) is 0.238. The van der Waals surface area contributed by atoms with Crippen LogP contribution in [-0.2, 0) is 0 Å². The summed E-state index contributed by atoms with van der Waals surface area (Å²) >= 11 is 0. The van der Waals surface area contributed by atoms with Crippen molar-refractivity contribution in [3.63, 3.8) is 0 Å². The molecule has 2 aromatic carbocycles. The number of nitrogens with zero attached hydrogens (tertiary/aromatic N) is 3. The van der Waals surface area contributed by atoms with Crippen LogP contribution in [0.3, 0.4) is 0 Å². The highest BCUT2D eigenvalue weighted by Gasteiger charge is 2.44. The largest absolute Gasteiger partial charge is 0.331 e. The Morgan fingerprint density at radius 1 is 1.28 bits per heavy atom. The first kappa shape index (κ1) is 10.7. The van der Waals surface area contributed by atoms with Gasteiger partial charge in [-0.25, -0.2) is 4.98 Å². The van der Waals surface area contributed by atoms with Crippen molar-refractivity contribution < 1.29 is 10.3 Å². The van der Waals surface area contributed by atoms with Gasteiger partial charge >= 0.3 is 0 Å². The molecule has 1 aromatic heterocycles. The number of hydrogen-bond donors (Lipinski definition) is 0. The first-order valence-electron chi connectivity index (χ1n) is 10.2. The van der Waals surface area contributed by atoms with Crippen molar-refractivity contribution in [1.29, 1.82) is 0 Å². The number of carbonyl (C=O) groups excluding carboxylic acids is 1. The normalized spacial score (nSPS) is 23.6. The Hall–Kier alpha value is -3.06. The van der Waals surface area contributed by atoms with Crippen LogP contribution in [0.15, 0.2) is 42.4 Å². The fourth-order valence-corrected chi connectivity index (χ4v) is 4.08. The van der Waals surface area contributed by atoms with Gasteiger partial charge in [0.25, 0.3) is 5.91 Å². The maximum Gasteiger partial charge on any atom is 0.254 e. The number of benzene rings is 2. The van der Waals surface area contributed by atoms with Gasteiger partial charge in [-0.3, -0.25) is 4.79 Å². The molecule has 122 valence electrons. The number of carbonyl (C=O) groups is 1. The van der Waals surface area contributed by atoms with Gasteiger partial charge in [-0.05, 0) is 31.2 Å². The highest BCUT2D eigenvalue weighted by Crippen LogP contribution is 2.47. The molecule has 2 bridgehead atoms. The summed E-state index contributed by atoms with van der Waals surface area (Å²) in [5.74, 6) is 5.99. The molecule has 4 heteroatoms. The second kappa shape index (κ2) is 4.97. The van der Waals surface area contributed by atoms with Gasteiger partial charge in [-0.2, -0.15) is 0 Å². The Morgan fingerprint density at radius 2 is 2.20 bits per heavy atom. The van der Waals surface area contributed by atoms with E-state index in [9.17, 15) is 4.79 Å². The molecule has 1 amide bonds. The monoisotopic (exact) mass is 331 g/mol. The third-order valence-corrected chi connectivity index (χ3v) is 5.08. The molecular weight excluding hydrogens is 310 g/mol. The SMILES string of the molecule is [2H]c1ccc2nc3n(c2c1)[C@@H]1C[C@H]3N(C([2H])([2H])[2H])C(=O)c2cccc(C#CC)c21. The van der Waals surface area contributed by atoms with Crippen LogP contribution in [-0.4, -0.2) is 27.3 Å². The zero-order valence-corrected chi connectivity index (χ0v) is 13.6. The number of amides is 1. The number of rotatable bonds is 0. The molecule has 0 fully saturated rings. The average molecular weight is 331 g/mol. The maximum absolute atomic E-state index is 13.4. The minimum Gasteiger partial charge on any atom is -0.331 e. The van der Waals surface area contributed by atoms with Crippen LogP contribution in [0.25, 0.3) is 11.0 Å². The van der Waals surface area contributed by atoms with E-state index in [2.05, 4.69) is 16.8 Å². The van der Waals surface area contributed by atoms with Crippen molar-refractivity contribution in [3.05, 3.63) is 65.0 Å². The second-order valence-corrected chi connectivity index (χ2v) is 6.34. The average Bonchev–Trinajstić information content (AvgIpc) is 3.14. The quantitative estimate of drug-likeness (QED) is 0.591. The van der Waals surface area contributed by atoms with Gasteiger partial charge in [0.1, 0.15) is 5.82 Å². The van der Waals surface area contributed by atoms with Crippen molar-refractivity contribution >= 4 is 16.9 Å². The molecule has 4 nitrogen and oxygen atoms in total. The fourth-order valence-electron chi connectivity index (χ4n) is 4.08. The highest BCUT2D eigenvalue weighted by molar-refractivity contribution is 5.97.